The molecule has 1 aliphatic carbocycles. The molecule has 104 valence electrons. The van der Waals surface area contributed by atoms with Crippen molar-refractivity contribution in [3.63, 3.8) is 0 Å². The summed E-state index contributed by atoms with van der Waals surface area (Å²) >= 11 is 0. The van der Waals surface area contributed by atoms with Crippen LogP contribution in [0.3, 0.4) is 0 Å². The highest BCUT2D eigenvalue weighted by molar-refractivity contribution is 5.82. The normalized spacial score (nSPS) is 15.4. The van der Waals surface area contributed by atoms with Crippen molar-refractivity contribution in [1.82, 2.24) is 9.78 Å². The van der Waals surface area contributed by atoms with Gasteiger partial charge in [-0.05, 0) is 45.1 Å². The van der Waals surface area contributed by atoms with Gasteiger partial charge in [-0.3, -0.25) is 9.48 Å². The molecule has 2 rings (SSSR count). The minimum atomic E-state index is 0.324. The van der Waals surface area contributed by atoms with Crippen molar-refractivity contribution in [2.45, 2.75) is 65.3 Å². The predicted molar refractivity (Wildman–Crippen MR) is 77.2 cm³/mol. The zero-order valence-electron chi connectivity index (χ0n) is 12.1. The Kier molecular flexibility index (Phi) is 4.94. The summed E-state index contributed by atoms with van der Waals surface area (Å²) in [4.78, 5) is 12.2. The molecule has 0 atom stereocenters. The van der Waals surface area contributed by atoms with E-state index in [9.17, 15) is 4.79 Å². The Hall–Kier alpha value is -1.38. The molecule has 19 heavy (non-hydrogen) atoms. The Morgan fingerprint density at radius 1 is 1.32 bits per heavy atom. The van der Waals surface area contributed by atoms with Crippen LogP contribution in [0.15, 0.2) is 17.7 Å². The van der Waals surface area contributed by atoms with E-state index in [2.05, 4.69) is 31.1 Å². The number of rotatable bonds is 6. The fourth-order valence-corrected chi connectivity index (χ4v) is 2.69. The summed E-state index contributed by atoms with van der Waals surface area (Å²) in [6, 6.07) is 2.08. The molecular formula is C16H24N2O. The molecule has 1 aromatic rings. The van der Waals surface area contributed by atoms with E-state index in [4.69, 9.17) is 0 Å². The van der Waals surface area contributed by atoms with E-state index in [1.807, 2.05) is 4.68 Å². The lowest BCUT2D eigenvalue weighted by atomic mass is 9.94. The van der Waals surface area contributed by atoms with Crippen molar-refractivity contribution in [2.75, 3.05) is 0 Å². The summed E-state index contributed by atoms with van der Waals surface area (Å²) < 4.78 is 1.96. The smallest absolute Gasteiger partial charge is 0.142 e. The van der Waals surface area contributed by atoms with Crippen LogP contribution in [0.25, 0.3) is 0 Å². The summed E-state index contributed by atoms with van der Waals surface area (Å²) in [6.07, 6.45) is 9.13. The summed E-state index contributed by atoms with van der Waals surface area (Å²) in [7, 11) is 0. The number of hydrogen-bond donors (Lipinski definition) is 0. The van der Waals surface area contributed by atoms with Crippen molar-refractivity contribution < 1.29 is 4.79 Å². The standard InChI is InChI=1S/C16H24N2O/c1-3-14-11-15(18(4-2)17-14)12-16(19)10-13-8-6-5-7-9-13/h8,11H,3-7,9-10,12H2,1-2H3. The first-order valence-electron chi connectivity index (χ1n) is 7.48. The van der Waals surface area contributed by atoms with Gasteiger partial charge >= 0.3 is 0 Å². The van der Waals surface area contributed by atoms with Crippen molar-refractivity contribution in [3.8, 4) is 0 Å². The summed E-state index contributed by atoms with van der Waals surface area (Å²) in [5, 5.41) is 4.50. The number of aromatic nitrogens is 2. The lowest BCUT2D eigenvalue weighted by molar-refractivity contribution is -0.117. The minimum absolute atomic E-state index is 0.324. The zero-order chi connectivity index (χ0) is 13.7. The predicted octanol–water partition coefficient (Wildman–Crippen LogP) is 3.47. The Morgan fingerprint density at radius 3 is 2.79 bits per heavy atom. The molecule has 0 fully saturated rings. The highest BCUT2D eigenvalue weighted by Crippen LogP contribution is 2.21. The average molecular weight is 260 g/mol. The number of nitrogens with zero attached hydrogens (tertiary/aromatic N) is 2. The maximum Gasteiger partial charge on any atom is 0.142 e. The number of ketones is 1. The topological polar surface area (TPSA) is 34.9 Å². The van der Waals surface area contributed by atoms with E-state index in [0.717, 1.165) is 37.2 Å². The van der Waals surface area contributed by atoms with Crippen molar-refractivity contribution in [1.29, 1.82) is 0 Å². The number of aryl methyl sites for hydroxylation is 2. The second kappa shape index (κ2) is 6.69. The molecule has 0 aliphatic heterocycles. The number of Topliss-reactive ketones (excluding diaryl/α,β-unsaturated/α-hetero) is 1. The van der Waals surface area contributed by atoms with E-state index in [1.165, 1.54) is 18.4 Å². The SMILES string of the molecule is CCc1cc(CC(=O)CC2=CCCCC2)n(CC)n1. The zero-order valence-corrected chi connectivity index (χ0v) is 12.1. The van der Waals surface area contributed by atoms with Gasteiger partial charge in [0.05, 0.1) is 5.69 Å². The van der Waals surface area contributed by atoms with E-state index in [-0.39, 0.29) is 0 Å². The summed E-state index contributed by atoms with van der Waals surface area (Å²) in [6.45, 7) is 5.01. The highest BCUT2D eigenvalue weighted by Gasteiger charge is 2.13. The van der Waals surface area contributed by atoms with Crippen molar-refractivity contribution in [2.24, 2.45) is 0 Å². The van der Waals surface area contributed by atoms with Crippen LogP contribution in [-0.2, 0) is 24.2 Å². The quantitative estimate of drug-likeness (QED) is 0.734. The first kappa shape index (κ1) is 14.0. The van der Waals surface area contributed by atoms with Gasteiger partial charge in [-0.15, -0.1) is 0 Å². The van der Waals surface area contributed by atoms with Crippen LogP contribution >= 0.6 is 0 Å². The third-order valence-electron chi connectivity index (χ3n) is 3.76. The van der Waals surface area contributed by atoms with Crippen molar-refractivity contribution >= 4 is 5.78 Å². The van der Waals surface area contributed by atoms with Gasteiger partial charge in [-0.2, -0.15) is 5.10 Å². The molecule has 0 saturated carbocycles. The lowest BCUT2D eigenvalue weighted by Crippen LogP contribution is -2.10. The molecule has 3 heteroatoms. The molecule has 1 aromatic heterocycles. The minimum Gasteiger partial charge on any atom is -0.299 e. The molecule has 0 bridgehead atoms. The molecule has 3 nitrogen and oxygen atoms in total. The Bertz CT molecular complexity index is 471. The molecule has 1 aliphatic rings. The maximum absolute atomic E-state index is 12.2. The molecule has 1 heterocycles. The molecule has 0 radical (unpaired) electrons. The third kappa shape index (κ3) is 3.79. The van der Waals surface area contributed by atoms with Gasteiger partial charge in [0.15, 0.2) is 0 Å². The number of hydrogen-bond acceptors (Lipinski definition) is 2. The monoisotopic (exact) mass is 260 g/mol. The third-order valence-corrected chi connectivity index (χ3v) is 3.76. The molecule has 0 N–H and O–H groups in total. The molecule has 0 unspecified atom stereocenters. The number of allylic oxidation sites excluding steroid dienone is 2. The van der Waals surface area contributed by atoms with Crippen LogP contribution in [0.2, 0.25) is 0 Å². The largest absolute Gasteiger partial charge is 0.299 e. The highest BCUT2D eigenvalue weighted by atomic mass is 16.1. The molecule has 0 spiro atoms. The second-order valence-corrected chi connectivity index (χ2v) is 5.30. The molecular weight excluding hydrogens is 236 g/mol. The maximum atomic E-state index is 12.2. The van der Waals surface area contributed by atoms with Crippen LogP contribution < -0.4 is 0 Å². The van der Waals surface area contributed by atoms with E-state index >= 15 is 0 Å². The summed E-state index contributed by atoms with van der Waals surface area (Å²) in [5.41, 5.74) is 3.50. The molecule has 0 saturated heterocycles. The van der Waals surface area contributed by atoms with Crippen LogP contribution in [0.4, 0.5) is 0 Å². The van der Waals surface area contributed by atoms with Crippen molar-refractivity contribution in [3.05, 3.63) is 29.1 Å². The van der Waals surface area contributed by atoms with Crippen LogP contribution in [0, 0.1) is 0 Å². The van der Waals surface area contributed by atoms with Gasteiger partial charge in [0.25, 0.3) is 0 Å². The second-order valence-electron chi connectivity index (χ2n) is 5.30. The van der Waals surface area contributed by atoms with Gasteiger partial charge in [0.1, 0.15) is 5.78 Å². The van der Waals surface area contributed by atoms with Gasteiger partial charge in [-0.25, -0.2) is 0 Å². The number of carbonyl (C=O) groups excluding carboxylic acids is 1. The van der Waals surface area contributed by atoms with E-state index in [0.29, 0.717) is 18.6 Å². The molecule has 0 amide bonds. The number of carbonyl (C=O) groups is 1. The van der Waals surface area contributed by atoms with Crippen LogP contribution in [0.5, 0.6) is 0 Å². The van der Waals surface area contributed by atoms with E-state index in [1.54, 1.807) is 0 Å². The Labute approximate surface area is 115 Å². The summed E-state index contributed by atoms with van der Waals surface area (Å²) in [5.74, 6) is 0.324. The Morgan fingerprint density at radius 2 is 2.16 bits per heavy atom. The van der Waals surface area contributed by atoms with Gasteiger partial charge in [0, 0.05) is 25.1 Å². The Balaban J connectivity index is 1.98. The fourth-order valence-electron chi connectivity index (χ4n) is 2.69. The van der Waals surface area contributed by atoms with Gasteiger partial charge < -0.3 is 0 Å². The van der Waals surface area contributed by atoms with Gasteiger partial charge in [0.2, 0.25) is 0 Å². The lowest BCUT2D eigenvalue weighted by Gasteiger charge is -2.12. The first-order chi connectivity index (χ1) is 9.22. The van der Waals surface area contributed by atoms with Crippen LogP contribution in [0.1, 0.15) is 57.3 Å². The molecule has 0 aromatic carbocycles. The fraction of sp³-hybridized carbons (Fsp3) is 0.625. The first-order valence-corrected chi connectivity index (χ1v) is 7.48. The average Bonchev–Trinajstić information content (AvgIpc) is 2.82. The van der Waals surface area contributed by atoms with Crippen LogP contribution in [-0.4, -0.2) is 15.6 Å². The van der Waals surface area contributed by atoms with E-state index < -0.39 is 0 Å². The van der Waals surface area contributed by atoms with Gasteiger partial charge in [-0.1, -0.05) is 18.6 Å².